The van der Waals surface area contributed by atoms with Gasteiger partial charge < -0.3 is 10.1 Å². The molecule has 10 heteroatoms. The molecule has 0 bridgehead atoms. The summed E-state index contributed by atoms with van der Waals surface area (Å²) >= 11 is 11.7. The van der Waals surface area contributed by atoms with E-state index in [1.54, 1.807) is 18.2 Å². The van der Waals surface area contributed by atoms with Crippen LogP contribution in [0.2, 0.25) is 10.0 Å². The lowest BCUT2D eigenvalue weighted by Crippen LogP contribution is -2.14. The van der Waals surface area contributed by atoms with Crippen LogP contribution in [0.1, 0.15) is 20.7 Å². The normalized spacial score (nSPS) is 10.9. The van der Waals surface area contributed by atoms with Crippen molar-refractivity contribution in [2.45, 2.75) is 4.90 Å². The molecule has 0 spiro atoms. The summed E-state index contributed by atoms with van der Waals surface area (Å²) < 4.78 is 32.1. The minimum Gasteiger partial charge on any atom is -0.465 e. The molecular formula is C21H16Cl2N2O5S. The van der Waals surface area contributed by atoms with Crippen molar-refractivity contribution in [3.05, 3.63) is 87.9 Å². The van der Waals surface area contributed by atoms with Crippen LogP contribution in [-0.2, 0) is 14.8 Å². The first kappa shape index (κ1) is 22.6. The quantitative estimate of drug-likeness (QED) is 0.493. The molecule has 0 aliphatic rings. The Hall–Kier alpha value is -3.07. The Bertz CT molecular complexity index is 1240. The van der Waals surface area contributed by atoms with Gasteiger partial charge in [-0.05, 0) is 60.7 Å². The number of ether oxygens (including phenoxy) is 1. The van der Waals surface area contributed by atoms with Gasteiger partial charge >= 0.3 is 5.97 Å². The van der Waals surface area contributed by atoms with Gasteiger partial charge in [0.1, 0.15) is 0 Å². The van der Waals surface area contributed by atoms with Crippen LogP contribution in [0.5, 0.6) is 0 Å². The molecule has 0 aliphatic heterocycles. The molecule has 0 aliphatic carbocycles. The highest BCUT2D eigenvalue weighted by atomic mass is 35.5. The maximum Gasteiger partial charge on any atom is 0.337 e. The van der Waals surface area contributed by atoms with E-state index in [1.807, 2.05) is 0 Å². The molecule has 0 saturated heterocycles. The molecule has 1 amide bonds. The molecule has 2 N–H and O–H groups in total. The third-order valence-corrected chi connectivity index (χ3v) is 6.26. The molecule has 0 heterocycles. The van der Waals surface area contributed by atoms with Crippen molar-refractivity contribution < 1.29 is 22.7 Å². The lowest BCUT2D eigenvalue weighted by Gasteiger charge is -2.10. The number of esters is 1. The second-order valence-corrected chi connectivity index (χ2v) is 8.78. The van der Waals surface area contributed by atoms with Crippen molar-refractivity contribution in [1.29, 1.82) is 0 Å². The standard InChI is InChI=1S/C21H16Cl2N2O5S/c1-30-21(27)14-3-2-4-16(11-14)24-20(26)13-5-7-15(8-6-13)25-31(28,29)17-9-10-18(22)19(23)12-17/h2-12,25H,1H3,(H,24,26). The molecule has 0 saturated carbocycles. The number of anilines is 2. The zero-order valence-electron chi connectivity index (χ0n) is 16.1. The van der Waals surface area contributed by atoms with Gasteiger partial charge in [0, 0.05) is 16.9 Å². The molecular weight excluding hydrogens is 463 g/mol. The summed E-state index contributed by atoms with van der Waals surface area (Å²) in [5, 5.41) is 3.03. The third-order valence-electron chi connectivity index (χ3n) is 4.14. The average molecular weight is 479 g/mol. The largest absolute Gasteiger partial charge is 0.465 e. The van der Waals surface area contributed by atoms with Crippen molar-refractivity contribution in [3.63, 3.8) is 0 Å². The maximum atomic E-state index is 12.5. The maximum absolute atomic E-state index is 12.5. The number of benzene rings is 3. The van der Waals surface area contributed by atoms with Gasteiger partial charge in [-0.1, -0.05) is 29.3 Å². The van der Waals surface area contributed by atoms with Gasteiger partial charge in [-0.3, -0.25) is 9.52 Å². The number of hydrogen-bond acceptors (Lipinski definition) is 5. The van der Waals surface area contributed by atoms with E-state index in [4.69, 9.17) is 23.2 Å². The van der Waals surface area contributed by atoms with Crippen molar-refractivity contribution in [2.24, 2.45) is 0 Å². The van der Waals surface area contributed by atoms with E-state index in [-0.39, 0.29) is 20.6 Å². The first-order valence-electron chi connectivity index (χ1n) is 8.77. The van der Waals surface area contributed by atoms with Crippen molar-refractivity contribution in [3.8, 4) is 0 Å². The van der Waals surface area contributed by atoms with Crippen molar-refractivity contribution in [1.82, 2.24) is 0 Å². The third kappa shape index (κ3) is 5.55. The van der Waals surface area contributed by atoms with Crippen LogP contribution in [-0.4, -0.2) is 27.4 Å². The monoisotopic (exact) mass is 478 g/mol. The molecule has 0 fully saturated rings. The Balaban J connectivity index is 1.71. The lowest BCUT2D eigenvalue weighted by atomic mass is 10.1. The van der Waals surface area contributed by atoms with Crippen LogP contribution in [0.25, 0.3) is 0 Å². The molecule has 31 heavy (non-hydrogen) atoms. The number of nitrogens with one attached hydrogen (secondary N) is 2. The van der Waals surface area contributed by atoms with Crippen molar-refractivity contribution in [2.75, 3.05) is 17.1 Å². The Morgan fingerprint density at radius 1 is 0.839 bits per heavy atom. The van der Waals surface area contributed by atoms with E-state index < -0.39 is 21.9 Å². The Morgan fingerprint density at radius 3 is 2.19 bits per heavy atom. The van der Waals surface area contributed by atoms with Crippen LogP contribution >= 0.6 is 23.2 Å². The highest BCUT2D eigenvalue weighted by Crippen LogP contribution is 2.26. The zero-order valence-corrected chi connectivity index (χ0v) is 18.4. The molecule has 3 aromatic carbocycles. The van der Waals surface area contributed by atoms with Gasteiger partial charge in [0.2, 0.25) is 0 Å². The smallest absolute Gasteiger partial charge is 0.337 e. The number of methoxy groups -OCH3 is 1. The number of carbonyl (C=O) groups excluding carboxylic acids is 2. The van der Waals surface area contributed by atoms with Gasteiger partial charge in [-0.2, -0.15) is 0 Å². The molecule has 0 aromatic heterocycles. The fourth-order valence-electron chi connectivity index (χ4n) is 2.59. The zero-order chi connectivity index (χ0) is 22.6. The van der Waals surface area contributed by atoms with E-state index in [0.29, 0.717) is 16.8 Å². The topological polar surface area (TPSA) is 102 Å². The first-order valence-corrected chi connectivity index (χ1v) is 11.0. The molecule has 7 nitrogen and oxygen atoms in total. The summed E-state index contributed by atoms with van der Waals surface area (Å²) in [5.41, 5.74) is 1.26. The molecule has 160 valence electrons. The van der Waals surface area contributed by atoms with Crippen molar-refractivity contribution >= 4 is 56.5 Å². The van der Waals surface area contributed by atoms with Gasteiger partial charge in [0.05, 0.1) is 27.6 Å². The SMILES string of the molecule is COC(=O)c1cccc(NC(=O)c2ccc(NS(=O)(=O)c3ccc(Cl)c(Cl)c3)cc2)c1. The summed E-state index contributed by atoms with van der Waals surface area (Å²) in [7, 11) is -2.62. The fourth-order valence-corrected chi connectivity index (χ4v) is 4.04. The molecule has 0 unspecified atom stereocenters. The minimum atomic E-state index is -3.89. The molecule has 3 aromatic rings. The summed E-state index contributed by atoms with van der Waals surface area (Å²) in [6.45, 7) is 0. The number of sulfonamides is 1. The summed E-state index contributed by atoms with van der Waals surface area (Å²) in [4.78, 5) is 24.0. The van der Waals surface area contributed by atoms with Crippen LogP contribution in [0.15, 0.2) is 71.6 Å². The Morgan fingerprint density at radius 2 is 1.55 bits per heavy atom. The minimum absolute atomic E-state index is 0.0470. The molecule has 0 radical (unpaired) electrons. The number of halogens is 2. The number of carbonyl (C=O) groups is 2. The van der Waals surface area contributed by atoms with Gasteiger partial charge in [-0.15, -0.1) is 0 Å². The Kier molecular flexibility index (Phi) is 6.84. The number of hydrogen-bond donors (Lipinski definition) is 2. The predicted molar refractivity (Wildman–Crippen MR) is 119 cm³/mol. The van der Waals surface area contributed by atoms with E-state index in [1.165, 1.54) is 55.6 Å². The van der Waals surface area contributed by atoms with Gasteiger partial charge in [0.15, 0.2) is 0 Å². The van der Waals surface area contributed by atoms with Crippen LogP contribution in [0.3, 0.4) is 0 Å². The number of rotatable bonds is 6. The van der Waals surface area contributed by atoms with E-state index in [0.717, 1.165) is 0 Å². The van der Waals surface area contributed by atoms with E-state index in [9.17, 15) is 18.0 Å². The van der Waals surface area contributed by atoms with Gasteiger partial charge in [-0.25, -0.2) is 13.2 Å². The second-order valence-electron chi connectivity index (χ2n) is 6.29. The highest BCUT2D eigenvalue weighted by Gasteiger charge is 2.16. The van der Waals surface area contributed by atoms with E-state index >= 15 is 0 Å². The van der Waals surface area contributed by atoms with Crippen LogP contribution in [0.4, 0.5) is 11.4 Å². The summed E-state index contributed by atoms with van der Waals surface area (Å²) in [6, 6.07) is 16.1. The Labute approximate surface area is 189 Å². The average Bonchev–Trinajstić information content (AvgIpc) is 2.75. The van der Waals surface area contributed by atoms with Crippen LogP contribution in [0, 0.1) is 0 Å². The van der Waals surface area contributed by atoms with Gasteiger partial charge in [0.25, 0.3) is 15.9 Å². The fraction of sp³-hybridized carbons (Fsp3) is 0.0476. The highest BCUT2D eigenvalue weighted by molar-refractivity contribution is 7.92. The predicted octanol–water partition coefficient (Wildman–Crippen LogP) is 4.83. The summed E-state index contributed by atoms with van der Waals surface area (Å²) in [6.07, 6.45) is 0. The van der Waals surface area contributed by atoms with E-state index in [2.05, 4.69) is 14.8 Å². The second kappa shape index (κ2) is 9.38. The summed E-state index contributed by atoms with van der Waals surface area (Å²) in [5.74, 6) is -0.949. The lowest BCUT2D eigenvalue weighted by molar-refractivity contribution is 0.0600. The van der Waals surface area contributed by atoms with Crippen LogP contribution < -0.4 is 10.0 Å². The molecule has 0 atom stereocenters. The molecule has 3 rings (SSSR count). The number of amides is 1. The first-order chi connectivity index (χ1) is 14.7.